The first-order valence-electron chi connectivity index (χ1n) is 6.61. The molecule has 0 radical (unpaired) electrons. The predicted molar refractivity (Wildman–Crippen MR) is 82.2 cm³/mol. The molecule has 0 rings (SSSR count). The van der Waals surface area contributed by atoms with Crippen molar-refractivity contribution >= 4 is 24.3 Å². The van der Waals surface area contributed by atoms with Gasteiger partial charge in [0.2, 0.25) is 17.4 Å². The highest BCUT2D eigenvalue weighted by Gasteiger charge is 2.32. The molecule has 0 saturated carbocycles. The van der Waals surface area contributed by atoms with Crippen molar-refractivity contribution < 1.29 is 30.0 Å². The largest absolute Gasteiger partial charge is 0.506 e. The lowest BCUT2D eigenvalue weighted by molar-refractivity contribution is -0.122. The van der Waals surface area contributed by atoms with E-state index in [1.54, 1.807) is 0 Å². The molecule has 0 aromatic rings. The molecular formula is C12H23N3O6S. The summed E-state index contributed by atoms with van der Waals surface area (Å²) in [6, 6.07) is 0. The summed E-state index contributed by atoms with van der Waals surface area (Å²) in [7, 11) is 0. The maximum Gasteiger partial charge on any atom is 0.247 e. The lowest BCUT2D eigenvalue weighted by Gasteiger charge is -2.27. The van der Waals surface area contributed by atoms with Crippen LogP contribution in [-0.4, -0.2) is 62.8 Å². The highest BCUT2D eigenvalue weighted by molar-refractivity contribution is 7.82. The topological polar surface area (TPSA) is 179 Å². The van der Waals surface area contributed by atoms with Crippen LogP contribution in [0, 0.1) is 0 Å². The summed E-state index contributed by atoms with van der Waals surface area (Å²) in [4.78, 5) is 21.0. The van der Waals surface area contributed by atoms with Gasteiger partial charge in [-0.05, 0) is 25.8 Å². The Labute approximate surface area is 133 Å². The van der Waals surface area contributed by atoms with Crippen LogP contribution in [0.25, 0.3) is 0 Å². The number of unbranched alkanes of at least 4 members (excludes halogenated alkanes) is 1. The van der Waals surface area contributed by atoms with Crippen LogP contribution in [0.4, 0.5) is 0 Å². The summed E-state index contributed by atoms with van der Waals surface area (Å²) < 4.78 is 0. The minimum atomic E-state index is -1.68. The van der Waals surface area contributed by atoms with E-state index in [-0.39, 0.29) is 6.42 Å². The highest BCUT2D eigenvalue weighted by atomic mass is 32.1. The van der Waals surface area contributed by atoms with Gasteiger partial charge < -0.3 is 31.9 Å². The molecule has 0 aliphatic carbocycles. The molecule has 0 bridgehead atoms. The van der Waals surface area contributed by atoms with E-state index in [2.05, 4.69) is 17.9 Å². The van der Waals surface area contributed by atoms with Crippen molar-refractivity contribution in [3.8, 4) is 0 Å². The number of carbonyl (C=O) groups is 2. The monoisotopic (exact) mass is 337 g/mol. The van der Waals surface area contributed by atoms with Gasteiger partial charge in [0.1, 0.15) is 17.6 Å². The maximum atomic E-state index is 11.4. The fourth-order valence-electron chi connectivity index (χ4n) is 1.56. The second-order valence-electron chi connectivity index (χ2n) is 4.68. The Bertz CT molecular complexity index is 431. The summed E-state index contributed by atoms with van der Waals surface area (Å²) in [5.74, 6) is -4.09. The van der Waals surface area contributed by atoms with Crippen LogP contribution >= 0.6 is 12.6 Å². The smallest absolute Gasteiger partial charge is 0.247 e. The molecule has 9 N–H and O–H groups in total. The minimum Gasteiger partial charge on any atom is -0.506 e. The normalized spacial score (nSPS) is 16.5. The van der Waals surface area contributed by atoms with Crippen molar-refractivity contribution in [2.75, 3.05) is 19.7 Å². The molecule has 10 heteroatoms. The summed E-state index contributed by atoms with van der Waals surface area (Å²) in [5, 5.41) is 39.6. The van der Waals surface area contributed by atoms with E-state index in [1.807, 2.05) is 0 Å². The average Bonchev–Trinajstić information content (AvgIpc) is 2.50. The molecule has 0 aromatic carbocycles. The molecule has 0 unspecified atom stereocenters. The van der Waals surface area contributed by atoms with Crippen LogP contribution in [0.5, 0.6) is 0 Å². The van der Waals surface area contributed by atoms with Gasteiger partial charge in [0.15, 0.2) is 5.76 Å². The Balaban J connectivity index is 4.78. The molecule has 0 spiro atoms. The molecule has 0 aromatic heterocycles. The van der Waals surface area contributed by atoms with E-state index in [0.717, 1.165) is 0 Å². The van der Waals surface area contributed by atoms with E-state index in [1.165, 1.54) is 0 Å². The van der Waals surface area contributed by atoms with Crippen LogP contribution in [0.3, 0.4) is 0 Å². The van der Waals surface area contributed by atoms with Gasteiger partial charge in [-0.3, -0.25) is 14.9 Å². The summed E-state index contributed by atoms with van der Waals surface area (Å²) in [5.41, 5.74) is 10.6. The molecule has 0 fully saturated rings. The zero-order valence-electron chi connectivity index (χ0n) is 12.0. The van der Waals surface area contributed by atoms with E-state index in [9.17, 15) is 24.9 Å². The fourth-order valence-corrected chi connectivity index (χ4v) is 1.81. The number of nitrogens with one attached hydrogen (secondary N) is 1. The van der Waals surface area contributed by atoms with Gasteiger partial charge in [-0.1, -0.05) is 0 Å². The quantitative estimate of drug-likeness (QED) is 0.0705. The maximum absolute atomic E-state index is 11.4. The number of aliphatic hydroxyl groups is 4. The highest BCUT2D eigenvalue weighted by Crippen LogP contribution is 2.19. The molecule has 128 valence electrons. The zero-order chi connectivity index (χ0) is 17.3. The van der Waals surface area contributed by atoms with Crippen molar-refractivity contribution in [1.29, 1.82) is 0 Å². The number of thiol groups is 1. The van der Waals surface area contributed by atoms with Crippen molar-refractivity contribution in [2.24, 2.45) is 11.5 Å². The summed E-state index contributed by atoms with van der Waals surface area (Å²) in [6.45, 7) is -0.984. The molecule has 0 aliphatic heterocycles. The molecule has 0 aliphatic rings. The number of primary amides is 1. The number of rotatable bonds is 11. The lowest BCUT2D eigenvalue weighted by Crippen LogP contribution is -2.53. The Hall–Kier alpha value is -1.33. The number of aliphatic hydroxyl groups excluding tert-OH is 4. The van der Waals surface area contributed by atoms with E-state index >= 15 is 0 Å². The van der Waals surface area contributed by atoms with Crippen LogP contribution in [-0.2, 0) is 9.59 Å². The van der Waals surface area contributed by atoms with E-state index < -0.39 is 47.3 Å². The number of amides is 1. The number of Topliss-reactive ketones (excluding diaryl/α,β-unsaturated/α-hetero) is 1. The third kappa shape index (κ3) is 6.20. The van der Waals surface area contributed by atoms with Crippen LogP contribution in [0.1, 0.15) is 19.3 Å². The van der Waals surface area contributed by atoms with Gasteiger partial charge in [-0.15, -0.1) is 12.6 Å². The third-order valence-electron chi connectivity index (χ3n) is 2.95. The van der Waals surface area contributed by atoms with Crippen molar-refractivity contribution in [2.45, 2.75) is 30.2 Å². The third-order valence-corrected chi connectivity index (χ3v) is 3.56. The Morgan fingerprint density at radius 1 is 1.27 bits per heavy atom. The zero-order valence-corrected chi connectivity index (χ0v) is 12.9. The van der Waals surface area contributed by atoms with Crippen molar-refractivity contribution in [1.82, 2.24) is 5.32 Å². The second kappa shape index (κ2) is 9.64. The molecule has 9 nitrogen and oxygen atoms in total. The van der Waals surface area contributed by atoms with Crippen molar-refractivity contribution in [3.05, 3.63) is 11.5 Å². The van der Waals surface area contributed by atoms with E-state index in [0.29, 0.717) is 19.4 Å². The van der Waals surface area contributed by atoms with Crippen LogP contribution in [0.2, 0.25) is 0 Å². The van der Waals surface area contributed by atoms with Gasteiger partial charge >= 0.3 is 0 Å². The number of carbonyl (C=O) groups excluding carboxylic acids is 2. The minimum absolute atomic E-state index is 0.237. The van der Waals surface area contributed by atoms with Crippen molar-refractivity contribution in [3.63, 3.8) is 0 Å². The first kappa shape index (κ1) is 20.7. The number of hydrogen-bond donors (Lipinski definition) is 8. The van der Waals surface area contributed by atoms with Gasteiger partial charge in [-0.25, -0.2) is 0 Å². The first-order chi connectivity index (χ1) is 10.2. The molecule has 22 heavy (non-hydrogen) atoms. The van der Waals surface area contributed by atoms with Gasteiger partial charge in [0, 0.05) is 6.54 Å². The standard InChI is InChI=1S/C12H23N3O6S/c13-4-2-1-3-12(22,11(14)21)15-5-7(17)9(19)10(20)8(18)6-16/h7,15-17,19-20,22H,1-6,13H2,(H2,14,21)/t7-,12-/m0/s1. The Kier molecular flexibility index (Phi) is 9.06. The predicted octanol–water partition coefficient (Wildman–Crippen LogP) is -1.93. The lowest BCUT2D eigenvalue weighted by atomic mass is 10.1. The number of hydrogen-bond acceptors (Lipinski definition) is 9. The summed E-state index contributed by atoms with van der Waals surface area (Å²) >= 11 is 4.14. The Morgan fingerprint density at radius 3 is 2.32 bits per heavy atom. The first-order valence-corrected chi connectivity index (χ1v) is 7.06. The van der Waals surface area contributed by atoms with Gasteiger partial charge in [-0.2, -0.15) is 0 Å². The molecule has 2 atom stereocenters. The molecule has 1 amide bonds. The van der Waals surface area contributed by atoms with Gasteiger partial charge in [0.05, 0.1) is 0 Å². The molecule has 0 heterocycles. The number of ketones is 1. The number of nitrogens with two attached hydrogens (primary N) is 2. The average molecular weight is 337 g/mol. The second-order valence-corrected chi connectivity index (χ2v) is 5.45. The Morgan fingerprint density at radius 2 is 1.86 bits per heavy atom. The van der Waals surface area contributed by atoms with E-state index in [4.69, 9.17) is 16.6 Å². The molecule has 0 saturated heterocycles. The SMILES string of the molecule is NCCCC[C@@](S)(NC[C@H](O)C(O)=C(O)C(=O)CO)C(N)=O. The van der Waals surface area contributed by atoms with Crippen LogP contribution in [0.15, 0.2) is 11.5 Å². The van der Waals surface area contributed by atoms with Gasteiger partial charge in [0.25, 0.3) is 0 Å². The fraction of sp³-hybridized carbons (Fsp3) is 0.667. The summed E-state index contributed by atoms with van der Waals surface area (Å²) in [6.07, 6.45) is -0.240. The molecular weight excluding hydrogens is 314 g/mol. The van der Waals surface area contributed by atoms with Crippen LogP contribution < -0.4 is 16.8 Å².